The van der Waals surface area contributed by atoms with Crippen molar-refractivity contribution >= 4 is 5.78 Å². The summed E-state index contributed by atoms with van der Waals surface area (Å²) in [6.45, 7) is 0. The molecule has 0 saturated heterocycles. The second-order valence-electron chi connectivity index (χ2n) is 6.04. The standard InChI is InChI=1S/C21H22O4/c1-23-19-10-6-15-4-8-18(9-5-15)25-21-12-16(3-7-17(22)13-19)11-20(14-21)24-2/h4-5,8-9,11-14H,3,6-7,10H2,1-2H3/b19-13+. The third-order valence-corrected chi connectivity index (χ3v) is 4.24. The van der Waals surface area contributed by atoms with Crippen LogP contribution in [-0.2, 0) is 22.4 Å². The van der Waals surface area contributed by atoms with Gasteiger partial charge in [-0.25, -0.2) is 0 Å². The molecule has 4 rings (SSSR count). The Labute approximate surface area is 148 Å². The normalized spacial score (nSPS) is 16.9. The van der Waals surface area contributed by atoms with Crippen molar-refractivity contribution < 1.29 is 19.0 Å². The third-order valence-electron chi connectivity index (χ3n) is 4.24. The molecule has 4 heteroatoms. The van der Waals surface area contributed by atoms with Gasteiger partial charge in [-0.05, 0) is 48.2 Å². The Hall–Kier alpha value is -2.75. The molecule has 2 aliphatic heterocycles. The first kappa shape index (κ1) is 17.1. The molecule has 2 aliphatic rings. The van der Waals surface area contributed by atoms with Crippen LogP contribution < -0.4 is 9.47 Å². The maximum absolute atomic E-state index is 12.2. The summed E-state index contributed by atoms with van der Waals surface area (Å²) in [7, 11) is 3.23. The molecule has 4 bridgehead atoms. The van der Waals surface area contributed by atoms with Gasteiger partial charge >= 0.3 is 0 Å². The SMILES string of the molecule is CO/C1=C/C(=O)CCc2cc(OC)cc(c2)Oc2ccc(cc2)CC1. The molecular formula is C21H22O4. The van der Waals surface area contributed by atoms with Crippen molar-refractivity contribution in [3.05, 3.63) is 65.4 Å². The highest BCUT2D eigenvalue weighted by molar-refractivity contribution is 5.90. The van der Waals surface area contributed by atoms with E-state index >= 15 is 0 Å². The number of allylic oxidation sites excluding steroid dienone is 2. The highest BCUT2D eigenvalue weighted by Crippen LogP contribution is 2.28. The lowest BCUT2D eigenvalue weighted by Gasteiger charge is -2.11. The van der Waals surface area contributed by atoms with Gasteiger partial charge in [-0.1, -0.05) is 12.1 Å². The van der Waals surface area contributed by atoms with E-state index in [9.17, 15) is 4.79 Å². The lowest BCUT2D eigenvalue weighted by atomic mass is 10.1. The predicted octanol–water partition coefficient (Wildman–Crippen LogP) is 4.47. The third kappa shape index (κ3) is 4.63. The van der Waals surface area contributed by atoms with E-state index in [2.05, 4.69) is 0 Å². The smallest absolute Gasteiger partial charge is 0.159 e. The molecule has 0 radical (unpaired) electrons. The predicted molar refractivity (Wildman–Crippen MR) is 96.3 cm³/mol. The molecule has 0 atom stereocenters. The number of rotatable bonds is 2. The second-order valence-corrected chi connectivity index (χ2v) is 6.04. The number of ether oxygens (including phenoxy) is 3. The van der Waals surface area contributed by atoms with Crippen molar-refractivity contribution in [2.75, 3.05) is 14.2 Å². The Morgan fingerprint density at radius 1 is 0.800 bits per heavy atom. The molecule has 0 aliphatic carbocycles. The molecule has 2 heterocycles. The van der Waals surface area contributed by atoms with E-state index in [0.29, 0.717) is 36.5 Å². The molecule has 4 nitrogen and oxygen atoms in total. The van der Waals surface area contributed by atoms with E-state index in [0.717, 1.165) is 17.7 Å². The monoisotopic (exact) mass is 338 g/mol. The molecule has 0 spiro atoms. The summed E-state index contributed by atoms with van der Waals surface area (Å²) in [4.78, 5) is 12.2. The Morgan fingerprint density at radius 3 is 2.28 bits per heavy atom. The molecule has 0 aromatic heterocycles. The van der Waals surface area contributed by atoms with Gasteiger partial charge in [0.2, 0.25) is 0 Å². The van der Waals surface area contributed by atoms with E-state index in [1.54, 1.807) is 20.3 Å². The highest BCUT2D eigenvalue weighted by Gasteiger charge is 2.09. The van der Waals surface area contributed by atoms with Crippen LogP contribution in [0.25, 0.3) is 0 Å². The quantitative estimate of drug-likeness (QED) is 0.811. The van der Waals surface area contributed by atoms with Crippen LogP contribution in [0.15, 0.2) is 54.3 Å². The van der Waals surface area contributed by atoms with E-state index < -0.39 is 0 Å². The van der Waals surface area contributed by atoms with Crippen LogP contribution in [0.5, 0.6) is 17.2 Å². The molecule has 0 N–H and O–H groups in total. The summed E-state index contributed by atoms with van der Waals surface area (Å²) in [6.07, 6.45) is 4.17. The van der Waals surface area contributed by atoms with Gasteiger partial charge < -0.3 is 14.2 Å². The Bertz CT molecular complexity index is 775. The fourth-order valence-corrected chi connectivity index (χ4v) is 2.83. The zero-order valence-electron chi connectivity index (χ0n) is 14.6. The van der Waals surface area contributed by atoms with E-state index in [1.807, 2.05) is 42.5 Å². The summed E-state index contributed by atoms with van der Waals surface area (Å²) < 4.78 is 16.7. The molecule has 0 saturated carbocycles. The Kier molecular flexibility index (Phi) is 5.39. The number of fused-ring (bicyclic) bond motifs is 7. The summed E-state index contributed by atoms with van der Waals surface area (Å²) in [5.74, 6) is 2.97. The van der Waals surface area contributed by atoms with Crippen LogP contribution >= 0.6 is 0 Å². The molecule has 0 fully saturated rings. The number of aryl methyl sites for hydroxylation is 2. The van der Waals surface area contributed by atoms with Gasteiger partial charge in [0.15, 0.2) is 5.78 Å². The number of benzene rings is 2. The number of methoxy groups -OCH3 is 2. The maximum Gasteiger partial charge on any atom is 0.159 e. The lowest BCUT2D eigenvalue weighted by Crippen LogP contribution is -2.01. The number of carbonyl (C=O) groups is 1. The van der Waals surface area contributed by atoms with Crippen LogP contribution in [0.2, 0.25) is 0 Å². The molecule has 2 aromatic rings. The molecular weight excluding hydrogens is 316 g/mol. The Balaban J connectivity index is 1.96. The van der Waals surface area contributed by atoms with Gasteiger partial charge in [0.1, 0.15) is 17.2 Å². The largest absolute Gasteiger partial charge is 0.501 e. The van der Waals surface area contributed by atoms with Gasteiger partial charge in [0.05, 0.1) is 20.0 Å². The zero-order chi connectivity index (χ0) is 17.6. The minimum atomic E-state index is 0.0618. The average Bonchev–Trinajstić information content (AvgIpc) is 2.64. The lowest BCUT2D eigenvalue weighted by molar-refractivity contribution is -0.114. The van der Waals surface area contributed by atoms with Crippen molar-refractivity contribution in [3.63, 3.8) is 0 Å². The van der Waals surface area contributed by atoms with Crippen molar-refractivity contribution in [1.82, 2.24) is 0 Å². The fourth-order valence-electron chi connectivity index (χ4n) is 2.83. The van der Waals surface area contributed by atoms with E-state index in [4.69, 9.17) is 14.2 Å². The van der Waals surface area contributed by atoms with Gasteiger partial charge in [0, 0.05) is 25.0 Å². The average molecular weight is 338 g/mol. The topological polar surface area (TPSA) is 44.8 Å². The first-order chi connectivity index (χ1) is 12.2. The summed E-state index contributed by atoms with van der Waals surface area (Å²) >= 11 is 0. The first-order valence-corrected chi connectivity index (χ1v) is 8.38. The van der Waals surface area contributed by atoms with Gasteiger partial charge in [0.25, 0.3) is 0 Å². The van der Waals surface area contributed by atoms with Crippen molar-refractivity contribution in [3.8, 4) is 17.2 Å². The maximum atomic E-state index is 12.2. The van der Waals surface area contributed by atoms with Crippen molar-refractivity contribution in [2.45, 2.75) is 25.7 Å². The second kappa shape index (κ2) is 7.88. The van der Waals surface area contributed by atoms with Gasteiger partial charge in [-0.3, -0.25) is 4.79 Å². The number of hydrogen-bond acceptors (Lipinski definition) is 4. The van der Waals surface area contributed by atoms with Gasteiger partial charge in [-0.15, -0.1) is 0 Å². The fraction of sp³-hybridized carbons (Fsp3) is 0.286. The van der Waals surface area contributed by atoms with Crippen LogP contribution in [0.4, 0.5) is 0 Å². The van der Waals surface area contributed by atoms with Crippen LogP contribution in [0.3, 0.4) is 0 Å². The summed E-state index contributed by atoms with van der Waals surface area (Å²) in [5.41, 5.74) is 2.17. The molecule has 25 heavy (non-hydrogen) atoms. The van der Waals surface area contributed by atoms with Crippen LogP contribution in [0.1, 0.15) is 24.0 Å². The summed E-state index contributed by atoms with van der Waals surface area (Å²) in [5, 5.41) is 0. The first-order valence-electron chi connectivity index (χ1n) is 8.38. The number of ketones is 1. The number of carbonyl (C=O) groups excluding carboxylic acids is 1. The van der Waals surface area contributed by atoms with Crippen LogP contribution in [-0.4, -0.2) is 20.0 Å². The molecule has 0 unspecified atom stereocenters. The number of hydrogen-bond donors (Lipinski definition) is 0. The van der Waals surface area contributed by atoms with Crippen molar-refractivity contribution in [1.29, 1.82) is 0 Å². The highest BCUT2D eigenvalue weighted by atomic mass is 16.5. The molecule has 130 valence electrons. The van der Waals surface area contributed by atoms with E-state index in [1.165, 1.54) is 5.56 Å². The minimum absolute atomic E-state index is 0.0618. The molecule has 0 amide bonds. The van der Waals surface area contributed by atoms with Gasteiger partial charge in [-0.2, -0.15) is 0 Å². The molecule has 2 aromatic carbocycles. The minimum Gasteiger partial charge on any atom is -0.501 e. The van der Waals surface area contributed by atoms with E-state index in [-0.39, 0.29) is 5.78 Å². The van der Waals surface area contributed by atoms with Crippen molar-refractivity contribution in [2.24, 2.45) is 0 Å². The Morgan fingerprint density at radius 2 is 1.56 bits per heavy atom. The van der Waals surface area contributed by atoms with Crippen LogP contribution in [0, 0.1) is 0 Å². The summed E-state index contributed by atoms with van der Waals surface area (Å²) in [6, 6.07) is 13.7. The zero-order valence-corrected chi connectivity index (χ0v) is 14.6.